The van der Waals surface area contributed by atoms with Crippen LogP contribution in [0.2, 0.25) is 0 Å². The minimum absolute atomic E-state index is 0.0543. The fourth-order valence-corrected chi connectivity index (χ4v) is 2.35. The molecule has 2 N–H and O–H groups in total. The maximum atomic E-state index is 10.9. The van der Waals surface area contributed by atoms with Crippen LogP contribution < -0.4 is 5.32 Å². The standard InChI is InChI=1S/C13H19N3O2/c1-9-8-11(12(17)18)16-13(14-9)15-10-6-4-2-3-5-7-10/h8,10H,2-7H2,1H3,(H,17,18)(H,14,15,16). The Morgan fingerprint density at radius 1 is 1.28 bits per heavy atom. The van der Waals surface area contributed by atoms with Crippen molar-refractivity contribution in [3.8, 4) is 0 Å². The SMILES string of the molecule is Cc1cc(C(=O)O)nc(NC2CCCCCC2)n1. The number of aryl methyl sites for hydroxylation is 1. The molecule has 1 aliphatic rings. The summed E-state index contributed by atoms with van der Waals surface area (Å²) in [7, 11) is 0. The number of carboxylic acids is 1. The van der Waals surface area contributed by atoms with Gasteiger partial charge in [-0.25, -0.2) is 14.8 Å². The topological polar surface area (TPSA) is 75.1 Å². The average Bonchev–Trinajstić information content (AvgIpc) is 2.57. The number of nitrogens with zero attached hydrogens (tertiary/aromatic N) is 2. The molecule has 18 heavy (non-hydrogen) atoms. The first-order chi connectivity index (χ1) is 8.65. The summed E-state index contributed by atoms with van der Waals surface area (Å²) in [6.07, 6.45) is 7.23. The lowest BCUT2D eigenvalue weighted by molar-refractivity contribution is 0.0690. The number of rotatable bonds is 3. The number of hydrogen-bond acceptors (Lipinski definition) is 4. The largest absolute Gasteiger partial charge is 0.477 e. The first-order valence-corrected chi connectivity index (χ1v) is 6.50. The summed E-state index contributed by atoms with van der Waals surface area (Å²) in [6.45, 7) is 1.78. The summed E-state index contributed by atoms with van der Waals surface area (Å²) in [5, 5.41) is 12.2. The number of aromatic carboxylic acids is 1. The summed E-state index contributed by atoms with van der Waals surface area (Å²) in [5.74, 6) is -0.566. The Hall–Kier alpha value is -1.65. The highest BCUT2D eigenvalue weighted by molar-refractivity contribution is 5.85. The Morgan fingerprint density at radius 2 is 1.94 bits per heavy atom. The zero-order valence-corrected chi connectivity index (χ0v) is 10.6. The predicted molar refractivity (Wildman–Crippen MR) is 68.8 cm³/mol. The summed E-state index contributed by atoms with van der Waals surface area (Å²) in [6, 6.07) is 1.86. The Labute approximate surface area is 107 Å². The lowest BCUT2D eigenvalue weighted by Gasteiger charge is -2.16. The van der Waals surface area contributed by atoms with Gasteiger partial charge in [0.2, 0.25) is 5.95 Å². The van der Waals surface area contributed by atoms with Gasteiger partial charge < -0.3 is 10.4 Å². The van der Waals surface area contributed by atoms with E-state index in [9.17, 15) is 4.79 Å². The molecule has 0 bridgehead atoms. The van der Waals surface area contributed by atoms with Gasteiger partial charge in [-0.3, -0.25) is 0 Å². The molecule has 0 unspecified atom stereocenters. The van der Waals surface area contributed by atoms with Crippen molar-refractivity contribution in [1.29, 1.82) is 0 Å². The minimum atomic E-state index is -1.01. The van der Waals surface area contributed by atoms with E-state index in [-0.39, 0.29) is 5.69 Å². The second-order valence-electron chi connectivity index (χ2n) is 4.86. The molecule has 1 saturated carbocycles. The van der Waals surface area contributed by atoms with Crippen LogP contribution in [0, 0.1) is 6.92 Å². The molecule has 0 radical (unpaired) electrons. The van der Waals surface area contributed by atoms with E-state index < -0.39 is 5.97 Å². The molecule has 0 spiro atoms. The van der Waals surface area contributed by atoms with Crippen molar-refractivity contribution in [2.75, 3.05) is 5.32 Å². The lowest BCUT2D eigenvalue weighted by atomic mass is 10.1. The van der Waals surface area contributed by atoms with Crippen molar-refractivity contribution in [1.82, 2.24) is 9.97 Å². The highest BCUT2D eigenvalue weighted by Gasteiger charge is 2.15. The predicted octanol–water partition coefficient (Wildman–Crippen LogP) is 2.62. The molecule has 5 nitrogen and oxygen atoms in total. The normalized spacial score (nSPS) is 17.2. The van der Waals surface area contributed by atoms with Crippen molar-refractivity contribution < 1.29 is 9.90 Å². The Morgan fingerprint density at radius 3 is 2.56 bits per heavy atom. The lowest BCUT2D eigenvalue weighted by Crippen LogP contribution is -2.21. The smallest absolute Gasteiger partial charge is 0.354 e. The maximum Gasteiger partial charge on any atom is 0.354 e. The van der Waals surface area contributed by atoms with Gasteiger partial charge in [-0.15, -0.1) is 0 Å². The number of hydrogen-bond donors (Lipinski definition) is 2. The minimum Gasteiger partial charge on any atom is -0.477 e. The van der Waals surface area contributed by atoms with E-state index in [1.54, 1.807) is 6.92 Å². The number of nitrogens with one attached hydrogen (secondary N) is 1. The summed E-state index contributed by atoms with van der Waals surface area (Å²) in [4.78, 5) is 19.2. The second kappa shape index (κ2) is 5.80. The van der Waals surface area contributed by atoms with Crippen LogP contribution in [0.25, 0.3) is 0 Å². The number of carbonyl (C=O) groups is 1. The third kappa shape index (κ3) is 3.42. The molecule has 5 heteroatoms. The van der Waals surface area contributed by atoms with Crippen LogP contribution in [0.3, 0.4) is 0 Å². The van der Waals surface area contributed by atoms with Gasteiger partial charge in [0.15, 0.2) is 5.69 Å². The molecule has 1 aromatic heterocycles. The summed E-state index contributed by atoms with van der Waals surface area (Å²) < 4.78 is 0. The highest BCUT2D eigenvalue weighted by atomic mass is 16.4. The number of carboxylic acid groups (broad SMARTS) is 1. The Bertz CT molecular complexity index is 426. The van der Waals surface area contributed by atoms with Gasteiger partial charge in [0.05, 0.1) is 0 Å². The van der Waals surface area contributed by atoms with Gasteiger partial charge in [0, 0.05) is 11.7 Å². The van der Waals surface area contributed by atoms with Crippen molar-refractivity contribution in [2.24, 2.45) is 0 Å². The van der Waals surface area contributed by atoms with Crippen LogP contribution in [0.1, 0.15) is 54.7 Å². The summed E-state index contributed by atoms with van der Waals surface area (Å²) >= 11 is 0. The van der Waals surface area contributed by atoms with Crippen molar-refractivity contribution in [3.63, 3.8) is 0 Å². The van der Waals surface area contributed by atoms with Crippen molar-refractivity contribution in [3.05, 3.63) is 17.5 Å². The number of aromatic nitrogens is 2. The van der Waals surface area contributed by atoms with E-state index in [2.05, 4.69) is 15.3 Å². The van der Waals surface area contributed by atoms with E-state index in [1.165, 1.54) is 31.7 Å². The van der Waals surface area contributed by atoms with Gasteiger partial charge in [-0.1, -0.05) is 25.7 Å². The van der Waals surface area contributed by atoms with Crippen LogP contribution >= 0.6 is 0 Å². The third-order valence-electron chi connectivity index (χ3n) is 3.26. The molecule has 0 aromatic carbocycles. The maximum absolute atomic E-state index is 10.9. The fraction of sp³-hybridized carbons (Fsp3) is 0.615. The molecule has 0 saturated heterocycles. The average molecular weight is 249 g/mol. The van der Waals surface area contributed by atoms with Gasteiger partial charge in [0.25, 0.3) is 0 Å². The van der Waals surface area contributed by atoms with Crippen LogP contribution in [0.15, 0.2) is 6.07 Å². The molecule has 1 aliphatic carbocycles. The zero-order chi connectivity index (χ0) is 13.0. The first kappa shape index (κ1) is 12.8. The van der Waals surface area contributed by atoms with Gasteiger partial charge in [0.1, 0.15) is 0 Å². The Kier molecular flexibility index (Phi) is 4.12. The highest BCUT2D eigenvalue weighted by Crippen LogP contribution is 2.20. The van der Waals surface area contributed by atoms with Crippen LogP contribution in [-0.2, 0) is 0 Å². The third-order valence-corrected chi connectivity index (χ3v) is 3.26. The molecular formula is C13H19N3O2. The number of anilines is 1. The molecule has 1 heterocycles. The molecule has 0 aliphatic heterocycles. The first-order valence-electron chi connectivity index (χ1n) is 6.50. The zero-order valence-electron chi connectivity index (χ0n) is 10.6. The quantitative estimate of drug-likeness (QED) is 0.805. The van der Waals surface area contributed by atoms with Crippen LogP contribution in [-0.4, -0.2) is 27.1 Å². The van der Waals surface area contributed by atoms with E-state index >= 15 is 0 Å². The molecular weight excluding hydrogens is 230 g/mol. The fourth-order valence-electron chi connectivity index (χ4n) is 2.35. The molecule has 1 fully saturated rings. The van der Waals surface area contributed by atoms with Crippen LogP contribution in [0.4, 0.5) is 5.95 Å². The van der Waals surface area contributed by atoms with Crippen LogP contribution in [0.5, 0.6) is 0 Å². The molecule has 98 valence electrons. The van der Waals surface area contributed by atoms with E-state index in [4.69, 9.17) is 5.11 Å². The summed E-state index contributed by atoms with van der Waals surface area (Å²) in [5.41, 5.74) is 0.733. The van der Waals surface area contributed by atoms with E-state index in [0.29, 0.717) is 17.7 Å². The van der Waals surface area contributed by atoms with E-state index in [1.807, 2.05) is 0 Å². The molecule has 1 aromatic rings. The van der Waals surface area contributed by atoms with Crippen molar-refractivity contribution >= 4 is 11.9 Å². The van der Waals surface area contributed by atoms with Crippen molar-refractivity contribution in [2.45, 2.75) is 51.5 Å². The second-order valence-corrected chi connectivity index (χ2v) is 4.86. The Balaban J connectivity index is 2.10. The molecule has 0 amide bonds. The van der Waals surface area contributed by atoms with E-state index in [0.717, 1.165) is 12.8 Å². The molecule has 2 rings (SSSR count). The van der Waals surface area contributed by atoms with Gasteiger partial charge in [-0.05, 0) is 25.8 Å². The monoisotopic (exact) mass is 249 g/mol. The van der Waals surface area contributed by atoms with Gasteiger partial charge >= 0.3 is 5.97 Å². The van der Waals surface area contributed by atoms with Gasteiger partial charge in [-0.2, -0.15) is 0 Å². The molecule has 0 atom stereocenters.